The summed E-state index contributed by atoms with van der Waals surface area (Å²) < 4.78 is 5.35. The van der Waals surface area contributed by atoms with Crippen LogP contribution in [0, 0.1) is 0 Å². The number of rotatable bonds is 5. The van der Waals surface area contributed by atoms with Crippen molar-refractivity contribution in [3.63, 3.8) is 0 Å². The van der Waals surface area contributed by atoms with Crippen LogP contribution in [0.4, 0.5) is 11.5 Å². The van der Waals surface area contributed by atoms with E-state index in [9.17, 15) is 0 Å². The highest BCUT2D eigenvalue weighted by Crippen LogP contribution is 2.30. The van der Waals surface area contributed by atoms with Gasteiger partial charge in [-0.2, -0.15) is 0 Å². The number of halogens is 1. The molecule has 0 radical (unpaired) electrons. The van der Waals surface area contributed by atoms with E-state index in [2.05, 4.69) is 21.9 Å². The molecule has 0 saturated carbocycles. The van der Waals surface area contributed by atoms with Crippen molar-refractivity contribution in [3.05, 3.63) is 66.0 Å². The highest BCUT2D eigenvalue weighted by Gasteiger charge is 2.11. The number of nitrogens with one attached hydrogen (secondary N) is 1. The Balaban J connectivity index is 2.12. The van der Waals surface area contributed by atoms with E-state index in [1.54, 1.807) is 7.11 Å². The Hall–Kier alpha value is -2.59. The zero-order valence-corrected chi connectivity index (χ0v) is 13.5. The first-order valence-electron chi connectivity index (χ1n) is 7.16. The SMILES string of the molecule is C=CCc1cc(OC)cc2ncnc(Nc3ccc(Cl)cc3)c12. The Kier molecular flexibility index (Phi) is 4.44. The molecule has 3 aromatic rings. The molecule has 1 N–H and O–H groups in total. The van der Waals surface area contributed by atoms with Gasteiger partial charge in [-0.15, -0.1) is 6.58 Å². The standard InChI is InChI=1S/C18H16ClN3O/c1-3-4-12-9-15(23-2)10-16-17(12)18(21-11-20-16)22-14-7-5-13(19)6-8-14/h3,5-11H,1,4H2,2H3,(H,20,21,22). The summed E-state index contributed by atoms with van der Waals surface area (Å²) in [4.78, 5) is 8.76. The molecule has 0 spiro atoms. The fourth-order valence-electron chi connectivity index (χ4n) is 2.44. The first-order chi connectivity index (χ1) is 11.2. The van der Waals surface area contributed by atoms with E-state index < -0.39 is 0 Å². The number of allylic oxidation sites excluding steroid dienone is 1. The predicted octanol–water partition coefficient (Wildman–Crippen LogP) is 4.76. The minimum Gasteiger partial charge on any atom is -0.497 e. The molecular weight excluding hydrogens is 310 g/mol. The molecule has 0 aliphatic carbocycles. The number of hydrogen-bond donors (Lipinski definition) is 1. The second kappa shape index (κ2) is 6.67. The molecule has 3 rings (SSSR count). The van der Waals surface area contributed by atoms with Gasteiger partial charge in [0, 0.05) is 22.2 Å². The van der Waals surface area contributed by atoms with Crippen molar-refractivity contribution in [1.82, 2.24) is 9.97 Å². The summed E-state index contributed by atoms with van der Waals surface area (Å²) in [5.74, 6) is 1.52. The number of hydrogen-bond acceptors (Lipinski definition) is 4. The van der Waals surface area contributed by atoms with Crippen LogP contribution in [0.5, 0.6) is 5.75 Å². The molecule has 0 fully saturated rings. The number of nitrogens with zero attached hydrogens (tertiary/aromatic N) is 2. The largest absolute Gasteiger partial charge is 0.497 e. The Morgan fingerprint density at radius 2 is 2.00 bits per heavy atom. The molecular formula is C18H16ClN3O. The van der Waals surface area contributed by atoms with Crippen molar-refractivity contribution in [2.24, 2.45) is 0 Å². The first-order valence-corrected chi connectivity index (χ1v) is 7.54. The molecule has 23 heavy (non-hydrogen) atoms. The topological polar surface area (TPSA) is 47.0 Å². The number of methoxy groups -OCH3 is 1. The highest BCUT2D eigenvalue weighted by molar-refractivity contribution is 6.30. The summed E-state index contributed by atoms with van der Waals surface area (Å²) in [6, 6.07) is 11.4. The van der Waals surface area contributed by atoms with Gasteiger partial charge in [0.2, 0.25) is 0 Å². The van der Waals surface area contributed by atoms with E-state index in [1.807, 2.05) is 42.5 Å². The Bertz CT molecular complexity index is 847. The number of anilines is 2. The van der Waals surface area contributed by atoms with Gasteiger partial charge >= 0.3 is 0 Å². The monoisotopic (exact) mass is 325 g/mol. The average Bonchev–Trinajstić information content (AvgIpc) is 2.57. The number of benzene rings is 2. The van der Waals surface area contributed by atoms with Gasteiger partial charge < -0.3 is 10.1 Å². The van der Waals surface area contributed by atoms with E-state index >= 15 is 0 Å². The summed E-state index contributed by atoms with van der Waals surface area (Å²) in [5, 5.41) is 4.98. The minimum atomic E-state index is 0.695. The van der Waals surface area contributed by atoms with Crippen molar-refractivity contribution < 1.29 is 4.74 Å². The van der Waals surface area contributed by atoms with Crippen LogP contribution in [0.2, 0.25) is 5.02 Å². The Morgan fingerprint density at radius 1 is 1.22 bits per heavy atom. The van der Waals surface area contributed by atoms with E-state index in [-0.39, 0.29) is 0 Å². The van der Waals surface area contributed by atoms with Crippen molar-refractivity contribution in [2.75, 3.05) is 12.4 Å². The van der Waals surface area contributed by atoms with Crippen LogP contribution in [-0.2, 0) is 6.42 Å². The molecule has 0 bridgehead atoms. The van der Waals surface area contributed by atoms with Crippen LogP contribution in [0.25, 0.3) is 10.9 Å². The zero-order valence-electron chi connectivity index (χ0n) is 12.7. The summed E-state index contributed by atoms with van der Waals surface area (Å²) in [6.07, 6.45) is 4.10. The molecule has 0 aliphatic heterocycles. The molecule has 2 aromatic carbocycles. The summed E-state index contributed by atoms with van der Waals surface area (Å²) >= 11 is 5.93. The molecule has 0 unspecified atom stereocenters. The van der Waals surface area contributed by atoms with E-state index in [1.165, 1.54) is 6.33 Å². The highest BCUT2D eigenvalue weighted by atomic mass is 35.5. The molecule has 0 aliphatic rings. The third-order valence-corrected chi connectivity index (χ3v) is 3.75. The minimum absolute atomic E-state index is 0.695. The van der Waals surface area contributed by atoms with Gasteiger partial charge in [-0.25, -0.2) is 9.97 Å². The van der Waals surface area contributed by atoms with Crippen LogP contribution < -0.4 is 10.1 Å². The smallest absolute Gasteiger partial charge is 0.141 e. The molecule has 0 saturated heterocycles. The van der Waals surface area contributed by atoms with Gasteiger partial charge in [-0.1, -0.05) is 17.7 Å². The maximum Gasteiger partial charge on any atom is 0.141 e. The summed E-state index contributed by atoms with van der Waals surface area (Å²) in [7, 11) is 1.65. The lowest BCUT2D eigenvalue weighted by Gasteiger charge is -2.13. The molecule has 4 nitrogen and oxygen atoms in total. The predicted molar refractivity (Wildman–Crippen MR) is 94.7 cm³/mol. The van der Waals surface area contributed by atoms with Gasteiger partial charge in [0.15, 0.2) is 0 Å². The fraction of sp³-hybridized carbons (Fsp3) is 0.111. The van der Waals surface area contributed by atoms with Gasteiger partial charge in [0.1, 0.15) is 17.9 Å². The molecule has 5 heteroatoms. The molecule has 0 atom stereocenters. The van der Waals surface area contributed by atoms with Gasteiger partial charge in [0.05, 0.1) is 12.6 Å². The van der Waals surface area contributed by atoms with Crippen molar-refractivity contribution >= 4 is 34.0 Å². The molecule has 0 amide bonds. The number of aromatic nitrogens is 2. The first kappa shape index (κ1) is 15.3. The lowest BCUT2D eigenvalue weighted by atomic mass is 10.0. The van der Waals surface area contributed by atoms with E-state index in [4.69, 9.17) is 16.3 Å². The van der Waals surface area contributed by atoms with Gasteiger partial charge in [-0.05, 0) is 42.3 Å². The quantitative estimate of drug-likeness (QED) is 0.687. The number of fused-ring (bicyclic) bond motifs is 1. The number of ether oxygens (including phenoxy) is 1. The molecule has 1 heterocycles. The van der Waals surface area contributed by atoms with Crippen LogP contribution in [0.3, 0.4) is 0 Å². The van der Waals surface area contributed by atoms with Crippen LogP contribution in [0.15, 0.2) is 55.4 Å². The van der Waals surface area contributed by atoms with Gasteiger partial charge in [-0.3, -0.25) is 0 Å². The molecule has 116 valence electrons. The van der Waals surface area contributed by atoms with Crippen molar-refractivity contribution in [3.8, 4) is 5.75 Å². The maximum atomic E-state index is 5.93. The lowest BCUT2D eigenvalue weighted by molar-refractivity contribution is 0.415. The van der Waals surface area contributed by atoms with E-state index in [0.717, 1.165) is 33.7 Å². The fourth-order valence-corrected chi connectivity index (χ4v) is 2.57. The van der Waals surface area contributed by atoms with Crippen LogP contribution >= 0.6 is 11.6 Å². The second-order valence-corrected chi connectivity index (χ2v) is 5.46. The van der Waals surface area contributed by atoms with Gasteiger partial charge in [0.25, 0.3) is 0 Å². The Labute approximate surface area is 139 Å². The normalized spacial score (nSPS) is 10.5. The molecule has 1 aromatic heterocycles. The van der Waals surface area contributed by atoms with Crippen molar-refractivity contribution in [1.29, 1.82) is 0 Å². The summed E-state index contributed by atoms with van der Waals surface area (Å²) in [5.41, 5.74) is 2.80. The lowest BCUT2D eigenvalue weighted by Crippen LogP contribution is -1.99. The maximum absolute atomic E-state index is 5.93. The van der Waals surface area contributed by atoms with Crippen LogP contribution in [0.1, 0.15) is 5.56 Å². The van der Waals surface area contributed by atoms with Crippen LogP contribution in [-0.4, -0.2) is 17.1 Å². The second-order valence-electron chi connectivity index (χ2n) is 5.03. The van der Waals surface area contributed by atoms with E-state index in [0.29, 0.717) is 11.4 Å². The van der Waals surface area contributed by atoms with Crippen molar-refractivity contribution in [2.45, 2.75) is 6.42 Å². The third-order valence-electron chi connectivity index (χ3n) is 3.50. The zero-order chi connectivity index (χ0) is 16.2. The average molecular weight is 326 g/mol. The Morgan fingerprint density at radius 3 is 2.70 bits per heavy atom. The third kappa shape index (κ3) is 3.27. The summed E-state index contributed by atoms with van der Waals surface area (Å²) in [6.45, 7) is 3.82.